The molecule has 9 heteroatoms. The zero-order valence-electron chi connectivity index (χ0n) is 18.5. The lowest BCUT2D eigenvalue weighted by Gasteiger charge is -2.12. The van der Waals surface area contributed by atoms with Crippen LogP contribution in [0, 0.1) is 0 Å². The number of anilines is 1. The third-order valence-electron chi connectivity index (χ3n) is 5.07. The van der Waals surface area contributed by atoms with Crippen molar-refractivity contribution >= 4 is 51.6 Å². The van der Waals surface area contributed by atoms with Crippen molar-refractivity contribution in [1.29, 1.82) is 0 Å². The third-order valence-corrected chi connectivity index (χ3v) is 5.57. The molecular weight excluding hydrogens is 474 g/mol. The Morgan fingerprint density at radius 2 is 1.97 bits per heavy atom. The highest BCUT2D eigenvalue weighted by Gasteiger charge is 2.15. The summed E-state index contributed by atoms with van der Waals surface area (Å²) in [5.41, 5.74) is 3.75. The molecule has 174 valence electrons. The second-order valence-electron chi connectivity index (χ2n) is 7.39. The number of phenols is 1. The Bertz CT molecular complexity index is 1390. The number of amides is 1. The summed E-state index contributed by atoms with van der Waals surface area (Å²) in [5.74, 6) is 0.366. The molecule has 1 heterocycles. The Morgan fingerprint density at radius 3 is 2.71 bits per heavy atom. The number of benzene rings is 3. The van der Waals surface area contributed by atoms with Crippen LogP contribution in [0.3, 0.4) is 0 Å². The number of oxazole rings is 1. The molecule has 0 atom stereocenters. The molecule has 4 rings (SSSR count). The Kier molecular flexibility index (Phi) is 7.00. The van der Waals surface area contributed by atoms with Gasteiger partial charge in [0, 0.05) is 11.3 Å². The highest BCUT2D eigenvalue weighted by molar-refractivity contribution is 7.80. The van der Waals surface area contributed by atoms with Gasteiger partial charge in [-0.3, -0.25) is 10.1 Å². The Labute approximate surface area is 206 Å². The lowest BCUT2D eigenvalue weighted by molar-refractivity contribution is 0.0977. The molecule has 0 aliphatic carbocycles. The van der Waals surface area contributed by atoms with Crippen LogP contribution in [-0.2, 0) is 6.42 Å². The monoisotopic (exact) mass is 495 g/mol. The van der Waals surface area contributed by atoms with E-state index in [-0.39, 0.29) is 16.8 Å². The van der Waals surface area contributed by atoms with E-state index in [4.69, 9.17) is 33.0 Å². The number of rotatable bonds is 6. The van der Waals surface area contributed by atoms with Crippen LogP contribution < -0.4 is 15.4 Å². The molecule has 1 amide bonds. The first-order valence-electron chi connectivity index (χ1n) is 10.7. The number of carbonyl (C=O) groups is 1. The van der Waals surface area contributed by atoms with Crippen molar-refractivity contribution in [3.05, 3.63) is 70.7 Å². The van der Waals surface area contributed by atoms with E-state index in [1.54, 1.807) is 24.3 Å². The lowest BCUT2D eigenvalue weighted by Crippen LogP contribution is -2.34. The van der Waals surface area contributed by atoms with E-state index in [2.05, 4.69) is 22.5 Å². The summed E-state index contributed by atoms with van der Waals surface area (Å²) in [5, 5.41) is 16.3. The molecule has 0 bridgehead atoms. The van der Waals surface area contributed by atoms with Gasteiger partial charge < -0.3 is 19.6 Å². The average molecular weight is 496 g/mol. The zero-order valence-corrected chi connectivity index (χ0v) is 20.1. The number of hydrogen-bond donors (Lipinski definition) is 3. The van der Waals surface area contributed by atoms with Crippen molar-refractivity contribution in [2.45, 2.75) is 20.3 Å². The maximum absolute atomic E-state index is 12.6. The van der Waals surface area contributed by atoms with Gasteiger partial charge in [0.05, 0.1) is 17.2 Å². The standard InChI is InChI=1S/C25H22ClN3O4S/c1-3-14-5-9-22-19(11-14)28-24(33-22)17-13-16(7-8-20(17)30)27-25(34)29-23(31)15-6-10-21(32-4-2)18(26)12-15/h5-13,30H,3-4H2,1-2H3,(H2,27,29,31,34). The summed E-state index contributed by atoms with van der Waals surface area (Å²) >= 11 is 11.4. The van der Waals surface area contributed by atoms with Crippen molar-refractivity contribution in [1.82, 2.24) is 10.3 Å². The summed E-state index contributed by atoms with van der Waals surface area (Å²) in [4.78, 5) is 17.1. The summed E-state index contributed by atoms with van der Waals surface area (Å²) in [6.45, 7) is 4.38. The lowest BCUT2D eigenvalue weighted by atomic mass is 10.1. The van der Waals surface area contributed by atoms with Crippen molar-refractivity contribution in [2.75, 3.05) is 11.9 Å². The molecule has 0 fully saturated rings. The molecule has 4 aromatic rings. The molecule has 34 heavy (non-hydrogen) atoms. The molecular formula is C25H22ClN3O4S. The van der Waals surface area contributed by atoms with E-state index in [0.29, 0.717) is 45.3 Å². The summed E-state index contributed by atoms with van der Waals surface area (Å²) < 4.78 is 11.2. The smallest absolute Gasteiger partial charge is 0.257 e. The van der Waals surface area contributed by atoms with Crippen molar-refractivity contribution < 1.29 is 19.1 Å². The fourth-order valence-electron chi connectivity index (χ4n) is 3.35. The first-order valence-corrected chi connectivity index (χ1v) is 11.4. The Balaban J connectivity index is 1.49. The fraction of sp³-hybridized carbons (Fsp3) is 0.160. The van der Waals surface area contributed by atoms with Gasteiger partial charge in [-0.15, -0.1) is 0 Å². The number of carbonyl (C=O) groups excluding carboxylic acids is 1. The van der Waals surface area contributed by atoms with Crippen molar-refractivity contribution in [3.8, 4) is 23.0 Å². The number of nitrogens with zero attached hydrogens (tertiary/aromatic N) is 1. The Hall–Kier alpha value is -3.62. The predicted molar refractivity (Wildman–Crippen MR) is 137 cm³/mol. The molecule has 0 unspecified atom stereocenters. The SMILES string of the molecule is CCOc1ccc(C(=O)NC(=S)Nc2ccc(O)c(-c3nc4cc(CC)ccc4o3)c2)cc1Cl. The number of ether oxygens (including phenoxy) is 1. The summed E-state index contributed by atoms with van der Waals surface area (Å²) in [7, 11) is 0. The molecule has 3 aromatic carbocycles. The topological polar surface area (TPSA) is 96.6 Å². The van der Waals surface area contributed by atoms with E-state index >= 15 is 0 Å². The largest absolute Gasteiger partial charge is 0.507 e. The molecule has 0 radical (unpaired) electrons. The van der Waals surface area contributed by atoms with Gasteiger partial charge in [-0.1, -0.05) is 24.6 Å². The maximum atomic E-state index is 12.6. The first kappa shape index (κ1) is 23.5. The molecule has 0 spiro atoms. The molecule has 0 aliphatic rings. The van der Waals surface area contributed by atoms with E-state index in [0.717, 1.165) is 12.0 Å². The van der Waals surface area contributed by atoms with E-state index < -0.39 is 5.91 Å². The number of fused-ring (bicyclic) bond motifs is 1. The average Bonchev–Trinajstić information content (AvgIpc) is 3.24. The number of aryl methyl sites for hydroxylation is 1. The number of nitrogens with one attached hydrogen (secondary N) is 2. The number of hydrogen-bond acceptors (Lipinski definition) is 6. The summed E-state index contributed by atoms with van der Waals surface area (Å²) in [6.07, 6.45) is 0.884. The van der Waals surface area contributed by atoms with Gasteiger partial charge in [-0.2, -0.15) is 0 Å². The second-order valence-corrected chi connectivity index (χ2v) is 8.21. The van der Waals surface area contributed by atoms with E-state index in [9.17, 15) is 9.90 Å². The predicted octanol–water partition coefficient (Wildman–Crippen LogP) is 5.94. The molecule has 3 N–H and O–H groups in total. The molecule has 1 aromatic heterocycles. The molecule has 7 nitrogen and oxygen atoms in total. The number of thiocarbonyl (C=S) groups is 1. The van der Waals surface area contributed by atoms with Gasteiger partial charge in [0.25, 0.3) is 5.91 Å². The van der Waals surface area contributed by atoms with Crippen LogP contribution >= 0.6 is 23.8 Å². The van der Waals surface area contributed by atoms with Crippen molar-refractivity contribution in [2.24, 2.45) is 0 Å². The van der Waals surface area contributed by atoms with Crippen molar-refractivity contribution in [3.63, 3.8) is 0 Å². The molecule has 0 aliphatic heterocycles. The minimum atomic E-state index is -0.424. The van der Waals surface area contributed by atoms with Gasteiger partial charge in [-0.05, 0) is 79.7 Å². The maximum Gasteiger partial charge on any atom is 0.257 e. The number of phenolic OH excluding ortho intramolecular Hbond substituents is 1. The van der Waals surface area contributed by atoms with Gasteiger partial charge in [0.15, 0.2) is 10.7 Å². The Morgan fingerprint density at radius 1 is 1.15 bits per heavy atom. The van der Waals surface area contributed by atoms with Gasteiger partial charge in [0.1, 0.15) is 17.0 Å². The summed E-state index contributed by atoms with van der Waals surface area (Å²) in [6, 6.07) is 15.3. The van der Waals surface area contributed by atoms with E-state index in [1.165, 1.54) is 12.1 Å². The van der Waals surface area contributed by atoms with E-state index in [1.807, 2.05) is 25.1 Å². The van der Waals surface area contributed by atoms with Crippen LogP contribution in [0.25, 0.3) is 22.6 Å². The first-order chi connectivity index (χ1) is 16.4. The van der Waals surface area contributed by atoms with Gasteiger partial charge in [0.2, 0.25) is 5.89 Å². The number of halogens is 1. The van der Waals surface area contributed by atoms with Crippen LogP contribution in [0.1, 0.15) is 29.8 Å². The number of aromatic nitrogens is 1. The quantitative estimate of drug-likeness (QED) is 0.225. The van der Waals surface area contributed by atoms with Crippen LogP contribution in [0.4, 0.5) is 5.69 Å². The zero-order chi connectivity index (χ0) is 24.2. The molecule has 0 saturated carbocycles. The van der Waals surface area contributed by atoms with Gasteiger partial charge in [-0.25, -0.2) is 4.98 Å². The van der Waals surface area contributed by atoms with Crippen LogP contribution in [0.2, 0.25) is 5.02 Å². The highest BCUT2D eigenvalue weighted by atomic mass is 35.5. The van der Waals surface area contributed by atoms with Crippen LogP contribution in [0.15, 0.2) is 59.0 Å². The third kappa shape index (κ3) is 5.13. The van der Waals surface area contributed by atoms with Crippen LogP contribution in [-0.4, -0.2) is 27.7 Å². The van der Waals surface area contributed by atoms with Crippen LogP contribution in [0.5, 0.6) is 11.5 Å². The highest BCUT2D eigenvalue weighted by Crippen LogP contribution is 2.33. The fourth-order valence-corrected chi connectivity index (χ4v) is 3.79. The second kappa shape index (κ2) is 10.1. The normalized spacial score (nSPS) is 10.8. The minimum Gasteiger partial charge on any atom is -0.507 e. The number of aromatic hydroxyl groups is 1. The minimum absolute atomic E-state index is 0.00630. The molecule has 0 saturated heterocycles. The van der Waals surface area contributed by atoms with Gasteiger partial charge >= 0.3 is 0 Å².